The van der Waals surface area contributed by atoms with E-state index < -0.39 is 73.0 Å². The number of rotatable bonds is 13. The third-order valence-electron chi connectivity index (χ3n) is 3.97. The van der Waals surface area contributed by atoms with Crippen molar-refractivity contribution in [3.05, 3.63) is 0 Å². The van der Waals surface area contributed by atoms with Crippen LogP contribution in [0.3, 0.4) is 0 Å². The molecule has 13 nitrogen and oxygen atoms in total. The molecule has 5 atom stereocenters. The molecule has 0 aromatic rings. The van der Waals surface area contributed by atoms with Crippen molar-refractivity contribution in [2.75, 3.05) is 6.61 Å². The molecule has 0 aromatic carbocycles. The molecule has 0 saturated heterocycles. The van der Waals surface area contributed by atoms with Gasteiger partial charge >= 0.3 is 11.9 Å². The molecule has 0 spiro atoms. The first-order chi connectivity index (χ1) is 13.8. The van der Waals surface area contributed by atoms with Gasteiger partial charge in [-0.3, -0.25) is 19.2 Å². The fourth-order valence-electron chi connectivity index (χ4n) is 2.30. The molecule has 0 aliphatic rings. The second-order valence-corrected chi connectivity index (χ2v) is 7.20. The standard InChI is InChI=1S/C17H30N4O9/c1-7(2)4-9(19-16(28)13(18)8(3)23)14(26)21-11(6-22)15(27)20-10(17(29)30)5-12(24)25/h7-11,13,22-23H,4-6,18H2,1-3H3,(H,19,28)(H,20,27)(H,21,26)(H,24,25)(H,29,30). The number of amides is 3. The minimum absolute atomic E-state index is 0.0721. The topological polar surface area (TPSA) is 228 Å². The zero-order valence-electron chi connectivity index (χ0n) is 17.0. The van der Waals surface area contributed by atoms with Gasteiger partial charge in [0.15, 0.2) is 0 Å². The maximum absolute atomic E-state index is 12.5. The lowest BCUT2D eigenvalue weighted by Gasteiger charge is -2.25. The molecular formula is C17H30N4O9. The molecule has 30 heavy (non-hydrogen) atoms. The van der Waals surface area contributed by atoms with Gasteiger partial charge in [0, 0.05) is 0 Å². The van der Waals surface area contributed by atoms with Gasteiger partial charge in [0.25, 0.3) is 0 Å². The van der Waals surface area contributed by atoms with Gasteiger partial charge in [-0.2, -0.15) is 0 Å². The Hall–Kier alpha value is -2.77. The van der Waals surface area contributed by atoms with Crippen LogP contribution in [0.4, 0.5) is 0 Å². The average molecular weight is 434 g/mol. The predicted molar refractivity (Wildman–Crippen MR) is 102 cm³/mol. The lowest BCUT2D eigenvalue weighted by molar-refractivity contribution is -0.147. The van der Waals surface area contributed by atoms with Gasteiger partial charge in [-0.1, -0.05) is 13.8 Å². The highest BCUT2D eigenvalue weighted by atomic mass is 16.4. The molecule has 0 aromatic heterocycles. The summed E-state index contributed by atoms with van der Waals surface area (Å²) in [6, 6.07) is -5.81. The summed E-state index contributed by atoms with van der Waals surface area (Å²) in [6.45, 7) is 3.91. The maximum Gasteiger partial charge on any atom is 0.326 e. The second kappa shape index (κ2) is 12.7. The van der Waals surface area contributed by atoms with Crippen LogP contribution in [0.1, 0.15) is 33.6 Å². The van der Waals surface area contributed by atoms with Crippen LogP contribution in [0.25, 0.3) is 0 Å². The van der Waals surface area contributed by atoms with E-state index in [1.807, 2.05) is 5.32 Å². The molecule has 0 aliphatic heterocycles. The number of nitrogens with two attached hydrogens (primary N) is 1. The van der Waals surface area contributed by atoms with Crippen LogP contribution in [0, 0.1) is 5.92 Å². The van der Waals surface area contributed by atoms with Crippen molar-refractivity contribution in [3.63, 3.8) is 0 Å². The number of carboxylic acids is 2. The van der Waals surface area contributed by atoms with E-state index in [9.17, 15) is 34.2 Å². The van der Waals surface area contributed by atoms with Gasteiger partial charge < -0.3 is 42.1 Å². The summed E-state index contributed by atoms with van der Waals surface area (Å²) in [6.07, 6.45) is -1.94. The number of hydrogen-bond donors (Lipinski definition) is 8. The summed E-state index contributed by atoms with van der Waals surface area (Å²) in [4.78, 5) is 58.6. The second-order valence-electron chi connectivity index (χ2n) is 7.20. The Morgan fingerprint density at radius 1 is 0.833 bits per heavy atom. The van der Waals surface area contributed by atoms with E-state index in [1.54, 1.807) is 13.8 Å². The number of hydrogen-bond acceptors (Lipinski definition) is 8. The van der Waals surface area contributed by atoms with E-state index in [0.717, 1.165) is 0 Å². The lowest BCUT2D eigenvalue weighted by atomic mass is 10.0. The Bertz CT molecular complexity index is 639. The van der Waals surface area contributed by atoms with Crippen molar-refractivity contribution in [3.8, 4) is 0 Å². The van der Waals surface area contributed by atoms with E-state index in [1.165, 1.54) is 6.92 Å². The predicted octanol–water partition coefficient (Wildman–Crippen LogP) is -3.25. The third-order valence-corrected chi connectivity index (χ3v) is 3.97. The molecule has 0 heterocycles. The first-order valence-corrected chi connectivity index (χ1v) is 9.20. The number of aliphatic hydroxyl groups excluding tert-OH is 2. The molecule has 0 aliphatic carbocycles. The quantitative estimate of drug-likeness (QED) is 0.144. The van der Waals surface area contributed by atoms with Crippen LogP contribution in [0.15, 0.2) is 0 Å². The molecule has 3 amide bonds. The monoisotopic (exact) mass is 434 g/mol. The fraction of sp³-hybridized carbons (Fsp3) is 0.706. The first kappa shape index (κ1) is 27.2. The highest BCUT2D eigenvalue weighted by molar-refractivity contribution is 5.94. The molecule has 0 fully saturated rings. The van der Waals surface area contributed by atoms with Gasteiger partial charge in [0.2, 0.25) is 17.7 Å². The third kappa shape index (κ3) is 9.62. The van der Waals surface area contributed by atoms with Crippen LogP contribution in [0.5, 0.6) is 0 Å². The summed E-state index contributed by atoms with van der Waals surface area (Å²) in [5, 5.41) is 43.0. The Labute approximate surface area is 173 Å². The molecule has 0 rings (SSSR count). The van der Waals surface area contributed by atoms with E-state index in [2.05, 4.69) is 10.6 Å². The molecular weight excluding hydrogens is 404 g/mol. The van der Waals surface area contributed by atoms with E-state index in [4.69, 9.17) is 15.9 Å². The number of carbonyl (C=O) groups excluding carboxylic acids is 3. The molecule has 9 N–H and O–H groups in total. The SMILES string of the molecule is CC(C)CC(NC(=O)C(N)C(C)O)C(=O)NC(CO)C(=O)NC(CC(=O)O)C(=O)O. The van der Waals surface area contributed by atoms with Gasteiger partial charge in [-0.25, -0.2) is 4.79 Å². The summed E-state index contributed by atoms with van der Waals surface area (Å²) in [5.74, 6) is -5.92. The van der Waals surface area contributed by atoms with Crippen LogP contribution < -0.4 is 21.7 Å². The Balaban J connectivity index is 5.26. The average Bonchev–Trinajstić information content (AvgIpc) is 2.62. The number of aliphatic hydroxyl groups is 2. The van der Waals surface area contributed by atoms with Gasteiger partial charge in [0.05, 0.1) is 19.1 Å². The molecule has 0 bridgehead atoms. The fourth-order valence-corrected chi connectivity index (χ4v) is 2.30. The Morgan fingerprint density at radius 3 is 1.70 bits per heavy atom. The lowest BCUT2D eigenvalue weighted by Crippen LogP contribution is -2.59. The van der Waals surface area contributed by atoms with Crippen LogP contribution in [-0.2, 0) is 24.0 Å². The zero-order valence-corrected chi connectivity index (χ0v) is 17.0. The van der Waals surface area contributed by atoms with Crippen molar-refractivity contribution < 1.29 is 44.4 Å². The Morgan fingerprint density at radius 2 is 1.30 bits per heavy atom. The number of aliphatic carboxylic acids is 2. The smallest absolute Gasteiger partial charge is 0.326 e. The highest BCUT2D eigenvalue weighted by Gasteiger charge is 2.31. The first-order valence-electron chi connectivity index (χ1n) is 9.20. The van der Waals surface area contributed by atoms with Gasteiger partial charge in [-0.05, 0) is 19.3 Å². The summed E-state index contributed by atoms with van der Waals surface area (Å²) < 4.78 is 0. The normalized spacial score (nSPS) is 16.0. The van der Waals surface area contributed by atoms with Crippen molar-refractivity contribution in [2.24, 2.45) is 11.7 Å². The van der Waals surface area contributed by atoms with Gasteiger partial charge in [0.1, 0.15) is 24.2 Å². The molecule has 0 saturated carbocycles. The number of nitrogens with one attached hydrogen (secondary N) is 3. The van der Waals surface area contributed by atoms with Crippen LogP contribution >= 0.6 is 0 Å². The van der Waals surface area contributed by atoms with E-state index >= 15 is 0 Å². The summed E-state index contributed by atoms with van der Waals surface area (Å²) in [5.41, 5.74) is 5.54. The number of carboxylic acid groups (broad SMARTS) is 2. The summed E-state index contributed by atoms with van der Waals surface area (Å²) in [7, 11) is 0. The molecule has 0 radical (unpaired) electrons. The van der Waals surface area contributed by atoms with Crippen molar-refractivity contribution in [2.45, 2.75) is 63.9 Å². The highest BCUT2D eigenvalue weighted by Crippen LogP contribution is 2.06. The van der Waals surface area contributed by atoms with Crippen molar-refractivity contribution in [1.29, 1.82) is 0 Å². The van der Waals surface area contributed by atoms with Crippen molar-refractivity contribution in [1.82, 2.24) is 16.0 Å². The molecule has 5 unspecified atom stereocenters. The minimum atomic E-state index is -1.77. The zero-order chi connectivity index (χ0) is 23.6. The van der Waals surface area contributed by atoms with Crippen LogP contribution in [0.2, 0.25) is 0 Å². The summed E-state index contributed by atoms with van der Waals surface area (Å²) >= 11 is 0. The largest absolute Gasteiger partial charge is 0.481 e. The van der Waals surface area contributed by atoms with Crippen LogP contribution in [-0.4, -0.2) is 87.0 Å². The van der Waals surface area contributed by atoms with E-state index in [-0.39, 0.29) is 12.3 Å². The van der Waals surface area contributed by atoms with Crippen molar-refractivity contribution >= 4 is 29.7 Å². The molecule has 172 valence electrons. The number of carbonyl (C=O) groups is 5. The minimum Gasteiger partial charge on any atom is -0.481 e. The van der Waals surface area contributed by atoms with E-state index in [0.29, 0.717) is 0 Å². The Kier molecular flexibility index (Phi) is 11.5. The maximum atomic E-state index is 12.5. The molecule has 13 heteroatoms. The van der Waals surface area contributed by atoms with Gasteiger partial charge in [-0.15, -0.1) is 0 Å².